The van der Waals surface area contributed by atoms with Crippen LogP contribution in [-0.2, 0) is 11.2 Å². The van der Waals surface area contributed by atoms with Crippen LogP contribution in [0.3, 0.4) is 0 Å². The van der Waals surface area contributed by atoms with E-state index in [2.05, 4.69) is 5.10 Å². The van der Waals surface area contributed by atoms with Crippen molar-refractivity contribution in [1.82, 2.24) is 9.78 Å². The van der Waals surface area contributed by atoms with E-state index >= 15 is 0 Å². The molecule has 5 heteroatoms. The number of hydrogen-bond acceptors (Lipinski definition) is 3. The van der Waals surface area contributed by atoms with E-state index in [1.807, 2.05) is 30.8 Å². The Balaban J connectivity index is 1.84. The summed E-state index contributed by atoms with van der Waals surface area (Å²) < 4.78 is 14.6. The standard InChI is InChI=1S/C15H17FN2OS/c1-11(2)18-8-7-13(17-18)9-14(19)10-20-15-5-3-12(16)4-6-15/h3-8,11H,9-10H2,1-2H3. The van der Waals surface area contributed by atoms with Crippen molar-refractivity contribution in [3.05, 3.63) is 48.0 Å². The predicted octanol–water partition coefficient (Wildman–Crippen LogP) is 3.51. The van der Waals surface area contributed by atoms with Crippen molar-refractivity contribution < 1.29 is 9.18 Å². The molecule has 0 N–H and O–H groups in total. The van der Waals surface area contributed by atoms with Gasteiger partial charge < -0.3 is 0 Å². The Kier molecular flexibility index (Phi) is 4.95. The summed E-state index contributed by atoms with van der Waals surface area (Å²) in [6, 6.07) is 8.34. The third-order valence-corrected chi connectivity index (χ3v) is 3.86. The van der Waals surface area contributed by atoms with Crippen molar-refractivity contribution in [2.45, 2.75) is 31.2 Å². The molecule has 0 spiro atoms. The van der Waals surface area contributed by atoms with Gasteiger partial charge in [-0.1, -0.05) is 0 Å². The number of hydrogen-bond donors (Lipinski definition) is 0. The zero-order chi connectivity index (χ0) is 14.5. The number of Topliss-reactive ketones (excluding diaryl/α,β-unsaturated/α-hetero) is 1. The number of ketones is 1. The molecule has 0 saturated carbocycles. The molecule has 106 valence electrons. The molecule has 2 aromatic rings. The zero-order valence-corrected chi connectivity index (χ0v) is 12.4. The van der Waals surface area contributed by atoms with Gasteiger partial charge in [0.05, 0.1) is 17.9 Å². The summed E-state index contributed by atoms with van der Waals surface area (Å²) >= 11 is 1.42. The zero-order valence-electron chi connectivity index (χ0n) is 11.5. The Morgan fingerprint density at radius 2 is 2.00 bits per heavy atom. The molecular formula is C15H17FN2OS. The lowest BCUT2D eigenvalue weighted by molar-refractivity contribution is -0.116. The Morgan fingerprint density at radius 1 is 1.30 bits per heavy atom. The Labute approximate surface area is 122 Å². The average molecular weight is 292 g/mol. The fraction of sp³-hybridized carbons (Fsp3) is 0.333. The Bertz CT molecular complexity index is 578. The van der Waals surface area contributed by atoms with Crippen LogP contribution in [0.1, 0.15) is 25.6 Å². The molecule has 0 unspecified atom stereocenters. The van der Waals surface area contributed by atoms with Crippen LogP contribution in [0.5, 0.6) is 0 Å². The molecule has 0 amide bonds. The average Bonchev–Trinajstić information content (AvgIpc) is 2.87. The molecule has 1 heterocycles. The predicted molar refractivity (Wildman–Crippen MR) is 78.4 cm³/mol. The maximum atomic E-state index is 12.8. The van der Waals surface area contributed by atoms with Crippen molar-refractivity contribution in [2.24, 2.45) is 0 Å². The van der Waals surface area contributed by atoms with Gasteiger partial charge in [-0.25, -0.2) is 4.39 Å². The Hall–Kier alpha value is -1.62. The molecule has 0 atom stereocenters. The molecule has 1 aromatic carbocycles. The van der Waals surface area contributed by atoms with Crippen LogP contribution in [0.25, 0.3) is 0 Å². The van der Waals surface area contributed by atoms with Crippen molar-refractivity contribution >= 4 is 17.5 Å². The van der Waals surface area contributed by atoms with Gasteiger partial charge in [0.2, 0.25) is 0 Å². The summed E-state index contributed by atoms with van der Waals surface area (Å²) in [4.78, 5) is 12.8. The largest absolute Gasteiger partial charge is 0.298 e. The van der Waals surface area contributed by atoms with Gasteiger partial charge in [-0.05, 0) is 44.2 Å². The van der Waals surface area contributed by atoms with E-state index in [0.717, 1.165) is 10.6 Å². The molecule has 3 nitrogen and oxygen atoms in total. The van der Waals surface area contributed by atoms with E-state index in [4.69, 9.17) is 0 Å². The van der Waals surface area contributed by atoms with Gasteiger partial charge in [0.15, 0.2) is 0 Å². The van der Waals surface area contributed by atoms with Crippen LogP contribution in [0.15, 0.2) is 41.4 Å². The fourth-order valence-electron chi connectivity index (χ4n) is 1.71. The highest BCUT2D eigenvalue weighted by Crippen LogP contribution is 2.18. The van der Waals surface area contributed by atoms with E-state index in [1.165, 1.54) is 23.9 Å². The van der Waals surface area contributed by atoms with Crippen molar-refractivity contribution in [2.75, 3.05) is 5.75 Å². The summed E-state index contributed by atoms with van der Waals surface area (Å²) in [6.07, 6.45) is 2.23. The number of thioether (sulfide) groups is 1. The normalized spacial score (nSPS) is 11.0. The smallest absolute Gasteiger partial charge is 0.149 e. The molecule has 1 aromatic heterocycles. The maximum absolute atomic E-state index is 12.8. The Morgan fingerprint density at radius 3 is 2.60 bits per heavy atom. The summed E-state index contributed by atoms with van der Waals surface area (Å²) in [5.74, 6) is 0.230. The molecule has 2 rings (SSSR count). The second-order valence-corrected chi connectivity index (χ2v) is 5.89. The van der Waals surface area contributed by atoms with Crippen molar-refractivity contribution in [3.8, 4) is 0 Å². The van der Waals surface area contributed by atoms with Gasteiger partial charge in [0.1, 0.15) is 11.6 Å². The van der Waals surface area contributed by atoms with Crippen LogP contribution in [0.4, 0.5) is 4.39 Å². The van der Waals surface area contributed by atoms with Crippen LogP contribution < -0.4 is 0 Å². The molecular weight excluding hydrogens is 275 g/mol. The van der Waals surface area contributed by atoms with Crippen LogP contribution in [0.2, 0.25) is 0 Å². The molecule has 0 radical (unpaired) electrons. The van der Waals surface area contributed by atoms with Gasteiger partial charge in [-0.2, -0.15) is 5.10 Å². The van der Waals surface area contributed by atoms with Gasteiger partial charge in [0, 0.05) is 17.1 Å². The molecule has 0 aliphatic carbocycles. The minimum atomic E-state index is -0.264. The van der Waals surface area contributed by atoms with E-state index in [9.17, 15) is 9.18 Å². The van der Waals surface area contributed by atoms with Crippen LogP contribution in [0, 0.1) is 5.82 Å². The highest BCUT2D eigenvalue weighted by atomic mass is 32.2. The number of aromatic nitrogens is 2. The van der Waals surface area contributed by atoms with E-state index in [1.54, 1.807) is 12.1 Å². The third kappa shape index (κ3) is 4.20. The lowest BCUT2D eigenvalue weighted by Gasteiger charge is -2.03. The van der Waals surface area contributed by atoms with Gasteiger partial charge in [0.25, 0.3) is 0 Å². The minimum absolute atomic E-state index is 0.119. The first kappa shape index (κ1) is 14.8. The van der Waals surface area contributed by atoms with Crippen molar-refractivity contribution in [1.29, 1.82) is 0 Å². The molecule has 0 fully saturated rings. The number of carbonyl (C=O) groups excluding carboxylic acids is 1. The summed E-state index contributed by atoms with van der Waals surface area (Å²) in [6.45, 7) is 4.09. The first-order valence-electron chi connectivity index (χ1n) is 6.48. The maximum Gasteiger partial charge on any atom is 0.149 e. The van der Waals surface area contributed by atoms with E-state index in [0.29, 0.717) is 18.2 Å². The highest BCUT2D eigenvalue weighted by Gasteiger charge is 2.08. The summed E-state index contributed by atoms with van der Waals surface area (Å²) in [5.41, 5.74) is 0.795. The second kappa shape index (κ2) is 6.70. The minimum Gasteiger partial charge on any atom is -0.298 e. The third-order valence-electron chi connectivity index (χ3n) is 2.78. The lowest BCUT2D eigenvalue weighted by Crippen LogP contribution is -2.08. The monoisotopic (exact) mass is 292 g/mol. The molecule has 0 bridgehead atoms. The number of rotatable bonds is 6. The summed E-state index contributed by atoms with van der Waals surface area (Å²) in [5, 5.41) is 4.35. The van der Waals surface area contributed by atoms with E-state index < -0.39 is 0 Å². The first-order chi connectivity index (χ1) is 9.54. The second-order valence-electron chi connectivity index (χ2n) is 4.84. The fourth-order valence-corrected chi connectivity index (χ4v) is 2.47. The van der Waals surface area contributed by atoms with Crippen LogP contribution >= 0.6 is 11.8 Å². The number of nitrogens with zero attached hydrogens (tertiary/aromatic N) is 2. The molecule has 20 heavy (non-hydrogen) atoms. The number of benzene rings is 1. The number of halogens is 1. The quantitative estimate of drug-likeness (QED) is 0.764. The summed E-state index contributed by atoms with van der Waals surface area (Å²) in [7, 11) is 0. The molecule has 0 saturated heterocycles. The SMILES string of the molecule is CC(C)n1ccc(CC(=O)CSc2ccc(F)cc2)n1. The van der Waals surface area contributed by atoms with Crippen molar-refractivity contribution in [3.63, 3.8) is 0 Å². The van der Waals surface area contributed by atoms with Gasteiger partial charge in [-0.15, -0.1) is 11.8 Å². The molecule has 0 aliphatic rings. The van der Waals surface area contributed by atoms with Gasteiger partial charge in [-0.3, -0.25) is 9.48 Å². The highest BCUT2D eigenvalue weighted by molar-refractivity contribution is 8.00. The molecule has 0 aliphatic heterocycles. The topological polar surface area (TPSA) is 34.9 Å². The van der Waals surface area contributed by atoms with Gasteiger partial charge >= 0.3 is 0 Å². The van der Waals surface area contributed by atoms with E-state index in [-0.39, 0.29) is 11.6 Å². The lowest BCUT2D eigenvalue weighted by atomic mass is 10.2. The number of carbonyl (C=O) groups is 1. The van der Waals surface area contributed by atoms with Crippen LogP contribution in [-0.4, -0.2) is 21.3 Å². The first-order valence-corrected chi connectivity index (χ1v) is 7.47.